The predicted molar refractivity (Wildman–Crippen MR) is 107 cm³/mol. The smallest absolute Gasteiger partial charge is 0.255 e. The predicted octanol–water partition coefficient (Wildman–Crippen LogP) is 3.93. The number of hydrogen-bond donors (Lipinski definition) is 3. The van der Waals surface area contributed by atoms with E-state index in [2.05, 4.69) is 20.8 Å². The molecule has 27 heavy (non-hydrogen) atoms. The molecular weight excluding hydrogens is 340 g/mol. The molecule has 1 aromatic heterocycles. The SMILES string of the molecule is Cc1n[nH]c(C)c1NC(=O)c1ccc(NC(=O)/C=C/c2ccccc2)cc1. The molecule has 0 atom stereocenters. The van der Waals surface area contributed by atoms with Gasteiger partial charge in [0, 0.05) is 17.3 Å². The highest BCUT2D eigenvalue weighted by atomic mass is 16.2. The van der Waals surface area contributed by atoms with Gasteiger partial charge < -0.3 is 10.6 Å². The van der Waals surface area contributed by atoms with E-state index in [1.165, 1.54) is 6.08 Å². The molecule has 0 aliphatic carbocycles. The highest BCUT2D eigenvalue weighted by Gasteiger charge is 2.12. The molecule has 2 amide bonds. The Morgan fingerprint density at radius 3 is 2.30 bits per heavy atom. The first kappa shape index (κ1) is 18.1. The number of H-pyrrole nitrogens is 1. The van der Waals surface area contributed by atoms with Gasteiger partial charge in [-0.05, 0) is 49.8 Å². The van der Waals surface area contributed by atoms with Crippen LogP contribution in [0.1, 0.15) is 27.3 Å². The normalized spacial score (nSPS) is 10.7. The van der Waals surface area contributed by atoms with Crippen LogP contribution in [-0.4, -0.2) is 22.0 Å². The summed E-state index contributed by atoms with van der Waals surface area (Å²) < 4.78 is 0. The summed E-state index contributed by atoms with van der Waals surface area (Å²) in [5.41, 5.74) is 4.27. The number of anilines is 2. The molecule has 0 saturated carbocycles. The summed E-state index contributed by atoms with van der Waals surface area (Å²) in [5, 5.41) is 12.5. The van der Waals surface area contributed by atoms with Crippen molar-refractivity contribution in [3.05, 3.63) is 83.2 Å². The molecule has 3 N–H and O–H groups in total. The van der Waals surface area contributed by atoms with Crippen LogP contribution in [-0.2, 0) is 4.79 Å². The number of aromatic amines is 1. The van der Waals surface area contributed by atoms with Gasteiger partial charge in [0.2, 0.25) is 5.91 Å². The van der Waals surface area contributed by atoms with E-state index in [0.717, 1.165) is 17.0 Å². The second-order valence-electron chi connectivity index (χ2n) is 6.07. The molecule has 0 spiro atoms. The summed E-state index contributed by atoms with van der Waals surface area (Å²) in [6.45, 7) is 3.66. The van der Waals surface area contributed by atoms with Crippen molar-refractivity contribution in [1.82, 2.24) is 10.2 Å². The molecule has 1 heterocycles. The van der Waals surface area contributed by atoms with E-state index >= 15 is 0 Å². The van der Waals surface area contributed by atoms with E-state index in [9.17, 15) is 9.59 Å². The Kier molecular flexibility index (Phi) is 5.47. The highest BCUT2D eigenvalue weighted by molar-refractivity contribution is 6.06. The number of aromatic nitrogens is 2. The van der Waals surface area contributed by atoms with Gasteiger partial charge in [-0.25, -0.2) is 0 Å². The van der Waals surface area contributed by atoms with Crippen LogP contribution in [0.15, 0.2) is 60.7 Å². The third-order valence-corrected chi connectivity index (χ3v) is 4.01. The van der Waals surface area contributed by atoms with Gasteiger partial charge in [-0.1, -0.05) is 30.3 Å². The van der Waals surface area contributed by atoms with Crippen LogP contribution in [0.3, 0.4) is 0 Å². The minimum Gasteiger partial charge on any atom is -0.323 e. The van der Waals surface area contributed by atoms with Gasteiger partial charge in [0.15, 0.2) is 0 Å². The zero-order valence-electron chi connectivity index (χ0n) is 15.1. The van der Waals surface area contributed by atoms with E-state index in [4.69, 9.17) is 0 Å². The lowest BCUT2D eigenvalue weighted by molar-refractivity contribution is -0.111. The Balaban J connectivity index is 1.60. The summed E-state index contributed by atoms with van der Waals surface area (Å²) in [5.74, 6) is -0.467. The van der Waals surface area contributed by atoms with Crippen molar-refractivity contribution in [2.75, 3.05) is 10.6 Å². The number of rotatable bonds is 5. The van der Waals surface area contributed by atoms with Crippen molar-refractivity contribution >= 4 is 29.3 Å². The Bertz CT molecular complexity index is 954. The van der Waals surface area contributed by atoms with Gasteiger partial charge >= 0.3 is 0 Å². The fraction of sp³-hybridized carbons (Fsp3) is 0.0952. The fourth-order valence-electron chi connectivity index (χ4n) is 2.55. The second-order valence-corrected chi connectivity index (χ2v) is 6.07. The first-order chi connectivity index (χ1) is 13.0. The molecule has 6 heteroatoms. The van der Waals surface area contributed by atoms with Gasteiger partial charge in [0.1, 0.15) is 0 Å². The Morgan fingerprint density at radius 2 is 1.67 bits per heavy atom. The number of amides is 2. The second kappa shape index (κ2) is 8.14. The largest absolute Gasteiger partial charge is 0.323 e. The molecule has 2 aromatic carbocycles. The van der Waals surface area contributed by atoms with Gasteiger partial charge in [0.05, 0.1) is 17.1 Å². The van der Waals surface area contributed by atoms with Crippen LogP contribution >= 0.6 is 0 Å². The van der Waals surface area contributed by atoms with Gasteiger partial charge in [0.25, 0.3) is 5.91 Å². The molecule has 0 unspecified atom stereocenters. The lowest BCUT2D eigenvalue weighted by atomic mass is 10.1. The van der Waals surface area contributed by atoms with Crippen molar-refractivity contribution in [2.24, 2.45) is 0 Å². The van der Waals surface area contributed by atoms with Crippen LogP contribution in [0, 0.1) is 13.8 Å². The monoisotopic (exact) mass is 360 g/mol. The average molecular weight is 360 g/mol. The van der Waals surface area contributed by atoms with Crippen molar-refractivity contribution in [3.63, 3.8) is 0 Å². The summed E-state index contributed by atoms with van der Waals surface area (Å²) in [6.07, 6.45) is 3.22. The molecule has 0 aliphatic rings. The first-order valence-electron chi connectivity index (χ1n) is 8.50. The van der Waals surface area contributed by atoms with Crippen LogP contribution in [0.4, 0.5) is 11.4 Å². The quantitative estimate of drug-likeness (QED) is 0.603. The molecule has 3 rings (SSSR count). The zero-order valence-corrected chi connectivity index (χ0v) is 15.1. The molecule has 6 nitrogen and oxygen atoms in total. The molecule has 0 aliphatic heterocycles. The minimum absolute atomic E-state index is 0.232. The average Bonchev–Trinajstić information content (AvgIpc) is 3.00. The maximum absolute atomic E-state index is 12.4. The molecular formula is C21H20N4O2. The van der Waals surface area contributed by atoms with Crippen LogP contribution in [0.25, 0.3) is 6.08 Å². The highest BCUT2D eigenvalue weighted by Crippen LogP contribution is 2.18. The van der Waals surface area contributed by atoms with Gasteiger partial charge in [-0.2, -0.15) is 5.10 Å². The van der Waals surface area contributed by atoms with Crippen LogP contribution in [0.5, 0.6) is 0 Å². The number of carbonyl (C=O) groups excluding carboxylic acids is 2. The van der Waals surface area contributed by atoms with Crippen molar-refractivity contribution in [3.8, 4) is 0 Å². The van der Waals surface area contributed by atoms with E-state index in [1.54, 1.807) is 30.3 Å². The number of aryl methyl sites for hydroxylation is 2. The Hall–Kier alpha value is -3.67. The van der Waals surface area contributed by atoms with Gasteiger partial charge in [-0.15, -0.1) is 0 Å². The van der Waals surface area contributed by atoms with Gasteiger partial charge in [-0.3, -0.25) is 14.7 Å². The van der Waals surface area contributed by atoms with Crippen molar-refractivity contribution < 1.29 is 9.59 Å². The minimum atomic E-state index is -0.235. The Morgan fingerprint density at radius 1 is 0.963 bits per heavy atom. The van der Waals surface area contributed by atoms with Crippen LogP contribution < -0.4 is 10.6 Å². The van der Waals surface area contributed by atoms with E-state index < -0.39 is 0 Å². The molecule has 0 fully saturated rings. The summed E-state index contributed by atoms with van der Waals surface area (Å²) in [6, 6.07) is 16.3. The lowest BCUT2D eigenvalue weighted by Crippen LogP contribution is -2.13. The molecule has 3 aromatic rings. The van der Waals surface area contributed by atoms with E-state index in [-0.39, 0.29) is 11.8 Å². The number of benzene rings is 2. The molecule has 0 saturated heterocycles. The number of carbonyl (C=O) groups is 2. The molecule has 0 radical (unpaired) electrons. The summed E-state index contributed by atoms with van der Waals surface area (Å²) in [7, 11) is 0. The Labute approximate surface area is 157 Å². The summed E-state index contributed by atoms with van der Waals surface area (Å²) >= 11 is 0. The van der Waals surface area contributed by atoms with Crippen molar-refractivity contribution in [1.29, 1.82) is 0 Å². The zero-order chi connectivity index (χ0) is 19.2. The fourth-order valence-corrected chi connectivity index (χ4v) is 2.55. The number of hydrogen-bond acceptors (Lipinski definition) is 3. The standard InChI is InChI=1S/C21H20N4O2/c1-14-20(15(2)25-24-14)23-21(27)17-9-11-18(12-10-17)22-19(26)13-8-16-6-4-3-5-7-16/h3-13H,1-2H3,(H,22,26)(H,23,27)(H,24,25)/b13-8+. The number of nitrogens with one attached hydrogen (secondary N) is 3. The molecule has 0 bridgehead atoms. The van der Waals surface area contributed by atoms with E-state index in [1.807, 2.05) is 44.2 Å². The summed E-state index contributed by atoms with van der Waals surface area (Å²) in [4.78, 5) is 24.4. The van der Waals surface area contributed by atoms with Crippen LogP contribution in [0.2, 0.25) is 0 Å². The molecule has 136 valence electrons. The maximum atomic E-state index is 12.4. The lowest BCUT2D eigenvalue weighted by Gasteiger charge is -2.07. The van der Waals surface area contributed by atoms with Crippen molar-refractivity contribution in [2.45, 2.75) is 13.8 Å². The maximum Gasteiger partial charge on any atom is 0.255 e. The third-order valence-electron chi connectivity index (χ3n) is 4.01. The number of nitrogens with zero attached hydrogens (tertiary/aromatic N) is 1. The topological polar surface area (TPSA) is 86.9 Å². The first-order valence-corrected chi connectivity index (χ1v) is 8.50. The third kappa shape index (κ3) is 4.70. The van der Waals surface area contributed by atoms with E-state index in [0.29, 0.717) is 16.9 Å².